The van der Waals surface area contributed by atoms with E-state index >= 15 is 0 Å². The third kappa shape index (κ3) is 5.92. The van der Waals surface area contributed by atoms with Crippen molar-refractivity contribution in [3.63, 3.8) is 0 Å². The van der Waals surface area contributed by atoms with Crippen molar-refractivity contribution in [3.05, 3.63) is 94.7 Å². The van der Waals surface area contributed by atoms with Crippen LogP contribution in [0.15, 0.2) is 89.1 Å². The Balaban J connectivity index is 1.00. The van der Waals surface area contributed by atoms with Crippen LogP contribution in [0.4, 0.5) is 0 Å². The predicted octanol–water partition coefficient (Wildman–Crippen LogP) is 6.34. The van der Waals surface area contributed by atoms with Crippen LogP contribution in [-0.4, -0.2) is 67.2 Å². The second-order valence-corrected chi connectivity index (χ2v) is 14.3. The highest BCUT2D eigenvalue weighted by Gasteiger charge is 2.53. The molecular formula is C34H29N3O5S3. The van der Waals surface area contributed by atoms with Gasteiger partial charge in [-0.25, -0.2) is 9.78 Å². The van der Waals surface area contributed by atoms with E-state index in [2.05, 4.69) is 6.92 Å². The number of fused-ring (bicyclic) bond motifs is 4. The Morgan fingerprint density at radius 3 is 2.76 bits per heavy atom. The largest absolute Gasteiger partial charge is 0.490 e. The van der Waals surface area contributed by atoms with E-state index in [0.29, 0.717) is 23.1 Å². The van der Waals surface area contributed by atoms with E-state index in [1.54, 1.807) is 35.3 Å². The standard InChI is InChI=1S/C34H29N3O5S3/c1-19-17-43-30(35-19)31-36-27-12-9-21-15-24(10-11-25(21)29(27)45-31)42-13-5-8-22-18-44-33-26(32(39)37(33)28(22)34(40)41)16-23(38)14-20-6-3-2-4-7-20/h2-12,15,19,26,33H,13-14,16-18H2,1H3,(H,40,41)/b8-5+. The molecule has 4 heterocycles. The van der Waals surface area contributed by atoms with Crippen molar-refractivity contribution in [1.82, 2.24) is 9.88 Å². The number of benzene rings is 3. The molecule has 3 atom stereocenters. The second kappa shape index (κ2) is 12.5. The Morgan fingerprint density at radius 2 is 1.98 bits per heavy atom. The van der Waals surface area contributed by atoms with Crippen LogP contribution < -0.4 is 4.74 Å². The van der Waals surface area contributed by atoms with Gasteiger partial charge in [-0.3, -0.25) is 19.5 Å². The molecule has 7 rings (SSSR count). The maximum atomic E-state index is 13.0. The average Bonchev–Trinajstić information content (AvgIpc) is 3.68. The molecule has 0 radical (unpaired) electrons. The second-order valence-electron chi connectivity index (χ2n) is 11.2. The molecule has 1 N–H and O–H groups in total. The van der Waals surface area contributed by atoms with Gasteiger partial charge < -0.3 is 9.84 Å². The molecule has 1 amide bonds. The number of thioether (sulfide) groups is 2. The third-order valence-corrected chi connectivity index (χ3v) is 11.8. The molecule has 0 bridgehead atoms. The van der Waals surface area contributed by atoms with Crippen LogP contribution >= 0.6 is 34.9 Å². The number of carbonyl (C=O) groups excluding carboxylic acids is 2. The van der Waals surface area contributed by atoms with Gasteiger partial charge in [0.25, 0.3) is 0 Å². The number of rotatable bonds is 10. The monoisotopic (exact) mass is 655 g/mol. The molecule has 1 aromatic heterocycles. The van der Waals surface area contributed by atoms with E-state index in [1.807, 2.05) is 60.7 Å². The number of carbonyl (C=O) groups is 3. The number of Topliss-reactive ketones (excluding diaryl/α,β-unsaturated/α-hetero) is 1. The van der Waals surface area contributed by atoms with Gasteiger partial charge in [-0.05, 0) is 53.8 Å². The summed E-state index contributed by atoms with van der Waals surface area (Å²) < 4.78 is 7.11. The Kier molecular flexibility index (Phi) is 8.24. The fraction of sp³-hybridized carbons (Fsp3) is 0.265. The fourth-order valence-electron chi connectivity index (χ4n) is 5.85. The van der Waals surface area contributed by atoms with Crippen LogP contribution in [0.1, 0.15) is 23.9 Å². The molecule has 8 nitrogen and oxygen atoms in total. The Bertz CT molecular complexity index is 1930. The SMILES string of the molecule is CC1CSC(c2nc3ccc4cc(OC/C=C/C5=C(C(=O)O)N6C(=O)C(CC(=O)Cc7ccccc7)C6SC5)ccc4c3s2)=N1. The van der Waals surface area contributed by atoms with Gasteiger partial charge in [0.05, 0.1) is 27.6 Å². The van der Waals surface area contributed by atoms with Crippen molar-refractivity contribution < 1.29 is 24.2 Å². The van der Waals surface area contributed by atoms with Crippen molar-refractivity contribution in [1.29, 1.82) is 0 Å². The van der Waals surface area contributed by atoms with Crippen LogP contribution in [-0.2, 0) is 20.8 Å². The summed E-state index contributed by atoms with van der Waals surface area (Å²) in [6.45, 7) is 2.36. The van der Waals surface area contributed by atoms with Gasteiger partial charge in [0.15, 0.2) is 0 Å². The first-order valence-corrected chi connectivity index (χ1v) is 17.5. The number of carboxylic acid groups (broad SMARTS) is 1. The molecule has 4 aromatic rings. The number of ether oxygens (including phenoxy) is 1. The molecule has 0 spiro atoms. The summed E-state index contributed by atoms with van der Waals surface area (Å²) in [6.07, 6.45) is 3.87. The highest BCUT2D eigenvalue weighted by molar-refractivity contribution is 8.15. The summed E-state index contributed by atoms with van der Waals surface area (Å²) in [5.41, 5.74) is 2.41. The molecule has 3 aliphatic heterocycles. The number of allylic oxidation sites excluding steroid dienone is 1. The van der Waals surface area contributed by atoms with Gasteiger partial charge in [-0.1, -0.05) is 42.5 Å². The maximum absolute atomic E-state index is 13.0. The van der Waals surface area contributed by atoms with E-state index in [0.717, 1.165) is 42.4 Å². The minimum absolute atomic E-state index is 0.0122. The Morgan fingerprint density at radius 1 is 1.13 bits per heavy atom. The Labute approximate surface area is 272 Å². The molecular weight excluding hydrogens is 627 g/mol. The lowest BCUT2D eigenvalue weighted by atomic mass is 9.89. The number of β-lactam (4-membered cyclic amide) rings is 1. The third-order valence-electron chi connectivity index (χ3n) is 7.99. The lowest BCUT2D eigenvalue weighted by Gasteiger charge is -2.49. The molecule has 3 aliphatic rings. The average molecular weight is 656 g/mol. The summed E-state index contributed by atoms with van der Waals surface area (Å²) in [5, 5.41) is 13.8. The lowest BCUT2D eigenvalue weighted by molar-refractivity contribution is -0.153. The number of ketones is 1. The zero-order valence-electron chi connectivity index (χ0n) is 24.3. The summed E-state index contributed by atoms with van der Waals surface area (Å²) in [7, 11) is 0. The number of aromatic nitrogens is 1. The topological polar surface area (TPSA) is 109 Å². The lowest BCUT2D eigenvalue weighted by Crippen LogP contribution is -2.61. The van der Waals surface area contributed by atoms with Crippen molar-refractivity contribution in [2.24, 2.45) is 10.9 Å². The molecule has 0 saturated carbocycles. The van der Waals surface area contributed by atoms with Crippen LogP contribution in [0.3, 0.4) is 0 Å². The van der Waals surface area contributed by atoms with Gasteiger partial charge in [0, 0.05) is 29.7 Å². The van der Waals surface area contributed by atoms with Gasteiger partial charge in [0.1, 0.15) is 33.9 Å². The quantitative estimate of drug-likeness (QED) is 0.197. The van der Waals surface area contributed by atoms with Crippen molar-refractivity contribution in [3.8, 4) is 5.75 Å². The number of hydrogen-bond donors (Lipinski definition) is 1. The molecule has 3 unspecified atom stereocenters. The van der Waals surface area contributed by atoms with Crippen molar-refractivity contribution >= 4 is 78.6 Å². The van der Waals surface area contributed by atoms with Gasteiger partial charge in [0.2, 0.25) is 5.91 Å². The molecule has 0 aliphatic carbocycles. The summed E-state index contributed by atoms with van der Waals surface area (Å²) >= 11 is 4.92. The zero-order valence-corrected chi connectivity index (χ0v) is 26.8. The fourth-order valence-corrected chi connectivity index (χ4v) is 9.42. The number of hydrogen-bond acceptors (Lipinski definition) is 9. The van der Waals surface area contributed by atoms with Crippen LogP contribution in [0.2, 0.25) is 0 Å². The minimum atomic E-state index is -1.15. The molecule has 11 heteroatoms. The predicted molar refractivity (Wildman–Crippen MR) is 181 cm³/mol. The van der Waals surface area contributed by atoms with Crippen LogP contribution in [0.25, 0.3) is 21.0 Å². The summed E-state index contributed by atoms with van der Waals surface area (Å²) in [5.74, 6) is 0.143. The minimum Gasteiger partial charge on any atom is -0.490 e. The summed E-state index contributed by atoms with van der Waals surface area (Å²) in [4.78, 5) is 48.8. The smallest absolute Gasteiger partial charge is 0.352 e. The number of aliphatic imine (C=N–C) groups is 1. The zero-order chi connectivity index (χ0) is 31.1. The van der Waals surface area contributed by atoms with E-state index in [4.69, 9.17) is 14.7 Å². The van der Waals surface area contributed by atoms with Crippen molar-refractivity contribution in [2.75, 3.05) is 18.1 Å². The van der Waals surface area contributed by atoms with Gasteiger partial charge in [-0.15, -0.1) is 34.9 Å². The molecule has 1 fully saturated rings. The summed E-state index contributed by atoms with van der Waals surface area (Å²) in [6, 6.07) is 19.8. The molecule has 3 aromatic carbocycles. The number of thiazole rings is 1. The molecule has 1 saturated heterocycles. The van der Waals surface area contributed by atoms with E-state index in [9.17, 15) is 19.5 Å². The normalized spacial score (nSPS) is 21.4. The number of nitrogens with zero attached hydrogens (tertiary/aromatic N) is 3. The number of amides is 1. The highest BCUT2D eigenvalue weighted by Crippen LogP contribution is 2.45. The first-order chi connectivity index (χ1) is 21.9. The Hall–Kier alpha value is -3.93. The number of aliphatic carboxylic acids is 1. The van der Waals surface area contributed by atoms with E-state index in [1.165, 1.54) is 16.7 Å². The van der Waals surface area contributed by atoms with Crippen LogP contribution in [0, 0.1) is 5.92 Å². The van der Waals surface area contributed by atoms with Crippen LogP contribution in [0.5, 0.6) is 5.75 Å². The number of carboxylic acids is 1. The first-order valence-electron chi connectivity index (χ1n) is 14.7. The van der Waals surface area contributed by atoms with Gasteiger partial charge in [-0.2, -0.15) is 0 Å². The van der Waals surface area contributed by atoms with E-state index < -0.39 is 11.9 Å². The van der Waals surface area contributed by atoms with E-state index in [-0.39, 0.29) is 42.2 Å². The van der Waals surface area contributed by atoms with Gasteiger partial charge >= 0.3 is 5.97 Å². The molecule has 45 heavy (non-hydrogen) atoms. The highest BCUT2D eigenvalue weighted by atomic mass is 32.2. The molecule has 228 valence electrons. The first kappa shape index (κ1) is 29.8. The maximum Gasteiger partial charge on any atom is 0.352 e. The van der Waals surface area contributed by atoms with Crippen molar-refractivity contribution in [2.45, 2.75) is 31.2 Å².